The first kappa shape index (κ1) is 14.9. The Morgan fingerprint density at radius 3 is 2.71 bits per heavy atom. The lowest BCUT2D eigenvalue weighted by Crippen LogP contribution is -2.56. The van der Waals surface area contributed by atoms with Gasteiger partial charge in [0.05, 0.1) is 19.3 Å². The molecule has 0 aliphatic carbocycles. The van der Waals surface area contributed by atoms with E-state index in [1.54, 1.807) is 0 Å². The Bertz CT molecular complexity index is 212. The Kier molecular flexibility index (Phi) is 6.41. The Hall–Kier alpha value is -0.160. The van der Waals surface area contributed by atoms with Crippen molar-refractivity contribution in [2.45, 2.75) is 51.8 Å². The van der Waals surface area contributed by atoms with E-state index in [0.717, 1.165) is 32.5 Å². The summed E-state index contributed by atoms with van der Waals surface area (Å²) in [4.78, 5) is 2.30. The quantitative estimate of drug-likeness (QED) is 0.726. The number of hydrogen-bond acceptors (Lipinski definition) is 4. The molecule has 0 aromatic rings. The molecule has 1 heterocycles. The highest BCUT2D eigenvalue weighted by Gasteiger charge is 2.29. The first-order chi connectivity index (χ1) is 8.08. The van der Waals surface area contributed by atoms with E-state index in [1.807, 2.05) is 0 Å². The van der Waals surface area contributed by atoms with E-state index < -0.39 is 0 Å². The van der Waals surface area contributed by atoms with Crippen LogP contribution >= 0.6 is 0 Å². The molecule has 0 aromatic heterocycles. The van der Waals surface area contributed by atoms with E-state index in [2.05, 4.69) is 25.7 Å². The molecule has 0 saturated carbocycles. The van der Waals surface area contributed by atoms with Gasteiger partial charge in [-0.3, -0.25) is 4.90 Å². The van der Waals surface area contributed by atoms with Gasteiger partial charge in [0.15, 0.2) is 0 Å². The number of morpholine rings is 1. The van der Waals surface area contributed by atoms with E-state index in [1.165, 1.54) is 0 Å². The van der Waals surface area contributed by atoms with Crippen LogP contribution in [-0.4, -0.2) is 54.5 Å². The van der Waals surface area contributed by atoms with Gasteiger partial charge in [-0.05, 0) is 18.8 Å². The van der Waals surface area contributed by atoms with Gasteiger partial charge in [0, 0.05) is 25.2 Å². The van der Waals surface area contributed by atoms with Crippen LogP contribution in [0.4, 0.5) is 0 Å². The second-order valence-corrected chi connectivity index (χ2v) is 5.44. The standard InChI is InChI=1S/C13H28N2O2/c1-4-11-8-15(5-6-17-11)13(9-16)12(14)7-10(2)3/h10-13,16H,4-9,14H2,1-3H3. The molecule has 17 heavy (non-hydrogen) atoms. The highest BCUT2D eigenvalue weighted by Crippen LogP contribution is 2.16. The van der Waals surface area contributed by atoms with Gasteiger partial charge in [-0.2, -0.15) is 0 Å². The fourth-order valence-electron chi connectivity index (χ4n) is 2.51. The van der Waals surface area contributed by atoms with E-state index >= 15 is 0 Å². The van der Waals surface area contributed by atoms with Crippen molar-refractivity contribution in [3.8, 4) is 0 Å². The molecule has 4 heteroatoms. The molecule has 102 valence electrons. The van der Waals surface area contributed by atoms with Crippen molar-refractivity contribution in [3.63, 3.8) is 0 Å². The minimum atomic E-state index is 0.0515. The van der Waals surface area contributed by atoms with Crippen molar-refractivity contribution in [1.82, 2.24) is 4.90 Å². The van der Waals surface area contributed by atoms with Crippen molar-refractivity contribution in [1.29, 1.82) is 0 Å². The molecule has 0 amide bonds. The molecule has 1 fully saturated rings. The molecule has 3 N–H and O–H groups in total. The second kappa shape index (κ2) is 7.31. The maximum Gasteiger partial charge on any atom is 0.0700 e. The average molecular weight is 244 g/mol. The van der Waals surface area contributed by atoms with Crippen molar-refractivity contribution in [2.75, 3.05) is 26.3 Å². The maximum atomic E-state index is 9.56. The molecular weight excluding hydrogens is 216 g/mol. The zero-order valence-electron chi connectivity index (χ0n) is 11.4. The van der Waals surface area contributed by atoms with Gasteiger partial charge in [-0.1, -0.05) is 20.8 Å². The summed E-state index contributed by atoms with van der Waals surface area (Å²) in [6.45, 7) is 9.15. The fraction of sp³-hybridized carbons (Fsp3) is 1.00. The molecule has 3 unspecified atom stereocenters. The molecule has 0 bridgehead atoms. The van der Waals surface area contributed by atoms with E-state index in [4.69, 9.17) is 10.5 Å². The maximum absolute atomic E-state index is 9.56. The molecule has 0 aromatic carbocycles. The van der Waals surface area contributed by atoms with Gasteiger partial charge >= 0.3 is 0 Å². The number of aliphatic hydroxyl groups excluding tert-OH is 1. The third-order valence-corrected chi connectivity index (χ3v) is 3.52. The average Bonchev–Trinajstić information content (AvgIpc) is 2.29. The van der Waals surface area contributed by atoms with Crippen LogP contribution in [0.5, 0.6) is 0 Å². The van der Waals surface area contributed by atoms with Gasteiger partial charge in [-0.25, -0.2) is 0 Å². The van der Waals surface area contributed by atoms with Crippen LogP contribution in [0.15, 0.2) is 0 Å². The SMILES string of the molecule is CCC1CN(C(CO)C(N)CC(C)C)CCO1. The zero-order valence-corrected chi connectivity index (χ0v) is 11.4. The lowest BCUT2D eigenvalue weighted by atomic mass is 9.97. The number of hydrogen-bond donors (Lipinski definition) is 2. The Balaban J connectivity index is 2.53. The predicted molar refractivity (Wildman–Crippen MR) is 69.9 cm³/mol. The highest BCUT2D eigenvalue weighted by molar-refractivity contribution is 4.85. The van der Waals surface area contributed by atoms with E-state index in [0.29, 0.717) is 12.0 Å². The van der Waals surface area contributed by atoms with Crippen LogP contribution in [-0.2, 0) is 4.74 Å². The second-order valence-electron chi connectivity index (χ2n) is 5.44. The number of ether oxygens (including phenoxy) is 1. The van der Waals surface area contributed by atoms with Crippen molar-refractivity contribution in [2.24, 2.45) is 11.7 Å². The molecule has 4 nitrogen and oxygen atoms in total. The van der Waals surface area contributed by atoms with Gasteiger partial charge in [-0.15, -0.1) is 0 Å². The van der Waals surface area contributed by atoms with E-state index in [-0.39, 0.29) is 18.7 Å². The summed E-state index contributed by atoms with van der Waals surface area (Å²) in [5.74, 6) is 0.571. The Labute approximate surface area is 105 Å². The minimum absolute atomic E-state index is 0.0515. The summed E-state index contributed by atoms with van der Waals surface area (Å²) < 4.78 is 5.65. The van der Waals surface area contributed by atoms with Crippen molar-refractivity contribution >= 4 is 0 Å². The molecule has 1 saturated heterocycles. The lowest BCUT2D eigenvalue weighted by molar-refractivity contribution is -0.0564. The summed E-state index contributed by atoms with van der Waals surface area (Å²) in [6, 6.07) is 0.131. The predicted octanol–water partition coefficient (Wildman–Crippen LogP) is 0.832. The van der Waals surface area contributed by atoms with Gasteiger partial charge in [0.2, 0.25) is 0 Å². The zero-order chi connectivity index (χ0) is 12.8. The summed E-state index contributed by atoms with van der Waals surface area (Å²) in [5.41, 5.74) is 6.20. The van der Waals surface area contributed by atoms with Crippen LogP contribution < -0.4 is 5.73 Å². The topological polar surface area (TPSA) is 58.7 Å². The van der Waals surface area contributed by atoms with Crippen LogP contribution in [0.3, 0.4) is 0 Å². The Morgan fingerprint density at radius 1 is 1.47 bits per heavy atom. The van der Waals surface area contributed by atoms with E-state index in [9.17, 15) is 5.11 Å². The monoisotopic (exact) mass is 244 g/mol. The van der Waals surface area contributed by atoms with Crippen LogP contribution in [0, 0.1) is 5.92 Å². The van der Waals surface area contributed by atoms with Gasteiger partial charge < -0.3 is 15.6 Å². The summed E-state index contributed by atoms with van der Waals surface area (Å²) >= 11 is 0. The molecule has 1 aliphatic heterocycles. The highest BCUT2D eigenvalue weighted by atomic mass is 16.5. The van der Waals surface area contributed by atoms with Crippen molar-refractivity contribution in [3.05, 3.63) is 0 Å². The summed E-state index contributed by atoms with van der Waals surface area (Å²) in [6.07, 6.45) is 2.28. The molecule has 3 atom stereocenters. The number of nitrogens with two attached hydrogens (primary N) is 1. The molecule has 0 radical (unpaired) electrons. The normalized spacial score (nSPS) is 26.1. The third-order valence-electron chi connectivity index (χ3n) is 3.52. The van der Waals surface area contributed by atoms with Crippen LogP contribution in [0.2, 0.25) is 0 Å². The third kappa shape index (κ3) is 4.54. The number of rotatable bonds is 6. The fourth-order valence-corrected chi connectivity index (χ4v) is 2.51. The Morgan fingerprint density at radius 2 is 2.18 bits per heavy atom. The summed E-state index contributed by atoms with van der Waals surface area (Å²) in [5, 5.41) is 9.56. The largest absolute Gasteiger partial charge is 0.395 e. The number of aliphatic hydroxyl groups is 1. The van der Waals surface area contributed by atoms with Crippen LogP contribution in [0.25, 0.3) is 0 Å². The molecule has 1 rings (SSSR count). The minimum Gasteiger partial charge on any atom is -0.395 e. The lowest BCUT2D eigenvalue weighted by Gasteiger charge is -2.40. The molecular formula is C13H28N2O2. The smallest absolute Gasteiger partial charge is 0.0700 e. The van der Waals surface area contributed by atoms with Gasteiger partial charge in [0.25, 0.3) is 0 Å². The molecule has 1 aliphatic rings. The van der Waals surface area contributed by atoms with Crippen LogP contribution in [0.1, 0.15) is 33.6 Å². The molecule has 0 spiro atoms. The number of nitrogens with zero attached hydrogens (tertiary/aromatic N) is 1. The summed E-state index contributed by atoms with van der Waals surface area (Å²) in [7, 11) is 0. The first-order valence-corrected chi connectivity index (χ1v) is 6.80. The first-order valence-electron chi connectivity index (χ1n) is 6.80. The van der Waals surface area contributed by atoms with Crippen molar-refractivity contribution < 1.29 is 9.84 Å². The van der Waals surface area contributed by atoms with Gasteiger partial charge in [0.1, 0.15) is 0 Å².